The molecule has 0 radical (unpaired) electrons. The normalized spacial score (nSPS) is 15.5. The van der Waals surface area contributed by atoms with Gasteiger partial charge in [-0.2, -0.15) is 0 Å². The van der Waals surface area contributed by atoms with Crippen molar-refractivity contribution in [2.24, 2.45) is 5.92 Å². The summed E-state index contributed by atoms with van der Waals surface area (Å²) >= 11 is 0. The predicted octanol–water partition coefficient (Wildman–Crippen LogP) is 3.15. The van der Waals surface area contributed by atoms with Gasteiger partial charge in [0.1, 0.15) is 0 Å². The van der Waals surface area contributed by atoms with Crippen LogP contribution in [-0.2, 0) is 4.79 Å². The maximum absolute atomic E-state index is 12.5. The monoisotopic (exact) mass is 316 g/mol. The van der Waals surface area contributed by atoms with E-state index in [9.17, 15) is 9.59 Å². The number of amides is 2. The summed E-state index contributed by atoms with van der Waals surface area (Å²) in [5, 5.41) is 3.03. The molecular weight excluding hydrogens is 288 g/mol. The first-order chi connectivity index (χ1) is 11.1. The smallest absolute Gasteiger partial charge is 0.253 e. The quantitative estimate of drug-likeness (QED) is 0.820. The van der Waals surface area contributed by atoms with Crippen LogP contribution in [0.25, 0.3) is 0 Å². The van der Waals surface area contributed by atoms with Gasteiger partial charge in [-0.05, 0) is 38.3 Å². The molecule has 1 saturated heterocycles. The third-order valence-electron chi connectivity index (χ3n) is 4.50. The first-order valence-corrected chi connectivity index (χ1v) is 8.75. The molecule has 0 aromatic heterocycles. The summed E-state index contributed by atoms with van der Waals surface area (Å²) < 4.78 is 0. The van der Waals surface area contributed by atoms with E-state index in [-0.39, 0.29) is 17.7 Å². The Morgan fingerprint density at radius 3 is 2.61 bits per heavy atom. The third kappa shape index (κ3) is 5.08. The number of nitrogens with zero attached hydrogens (tertiary/aromatic N) is 1. The van der Waals surface area contributed by atoms with Crippen LogP contribution in [0.5, 0.6) is 0 Å². The Hall–Kier alpha value is -1.84. The Morgan fingerprint density at radius 2 is 1.96 bits per heavy atom. The highest BCUT2D eigenvalue weighted by Gasteiger charge is 2.27. The van der Waals surface area contributed by atoms with E-state index >= 15 is 0 Å². The zero-order chi connectivity index (χ0) is 16.7. The Labute approximate surface area is 139 Å². The van der Waals surface area contributed by atoms with Crippen LogP contribution in [0.3, 0.4) is 0 Å². The van der Waals surface area contributed by atoms with Crippen molar-refractivity contribution in [1.82, 2.24) is 10.2 Å². The molecule has 23 heavy (non-hydrogen) atoms. The van der Waals surface area contributed by atoms with Crippen LogP contribution in [0, 0.1) is 12.8 Å². The molecule has 0 unspecified atom stereocenters. The molecule has 2 rings (SSSR count). The van der Waals surface area contributed by atoms with E-state index in [0.29, 0.717) is 13.1 Å². The summed E-state index contributed by atoms with van der Waals surface area (Å²) in [6, 6.07) is 7.70. The summed E-state index contributed by atoms with van der Waals surface area (Å²) in [5.41, 5.74) is 1.84. The molecule has 1 aromatic rings. The van der Waals surface area contributed by atoms with Crippen LogP contribution in [0.1, 0.15) is 54.9 Å². The van der Waals surface area contributed by atoms with Crippen LogP contribution in [0.4, 0.5) is 0 Å². The van der Waals surface area contributed by atoms with Gasteiger partial charge in [0.25, 0.3) is 5.91 Å². The highest BCUT2D eigenvalue weighted by Crippen LogP contribution is 2.19. The van der Waals surface area contributed by atoms with Gasteiger partial charge in [0.15, 0.2) is 0 Å². The van der Waals surface area contributed by atoms with Crippen molar-refractivity contribution < 1.29 is 9.59 Å². The summed E-state index contributed by atoms with van der Waals surface area (Å²) in [6.07, 6.45) is 4.89. The van der Waals surface area contributed by atoms with Crippen LogP contribution in [-0.4, -0.2) is 36.3 Å². The van der Waals surface area contributed by atoms with Crippen LogP contribution < -0.4 is 5.32 Å². The summed E-state index contributed by atoms with van der Waals surface area (Å²) in [4.78, 5) is 26.5. The number of piperidine rings is 1. The zero-order valence-corrected chi connectivity index (χ0v) is 14.3. The summed E-state index contributed by atoms with van der Waals surface area (Å²) in [7, 11) is 0. The molecular formula is C19H28N2O2. The minimum absolute atomic E-state index is 0.0539. The molecule has 1 aliphatic heterocycles. The fraction of sp³-hybridized carbons (Fsp3) is 0.579. The molecule has 1 fully saturated rings. The molecule has 1 N–H and O–H groups in total. The molecule has 126 valence electrons. The van der Waals surface area contributed by atoms with E-state index in [1.54, 1.807) is 0 Å². The molecule has 2 amide bonds. The molecule has 0 bridgehead atoms. The second-order valence-corrected chi connectivity index (χ2v) is 6.43. The lowest BCUT2D eigenvalue weighted by Gasteiger charge is -2.31. The maximum atomic E-state index is 12.5. The van der Waals surface area contributed by atoms with Crippen molar-refractivity contribution in [2.75, 3.05) is 19.6 Å². The lowest BCUT2D eigenvalue weighted by atomic mass is 9.95. The Kier molecular flexibility index (Phi) is 6.63. The second-order valence-electron chi connectivity index (χ2n) is 6.43. The third-order valence-corrected chi connectivity index (χ3v) is 4.50. The van der Waals surface area contributed by atoms with Crippen molar-refractivity contribution in [2.45, 2.75) is 46.0 Å². The van der Waals surface area contributed by atoms with Gasteiger partial charge in [0.05, 0.1) is 0 Å². The largest absolute Gasteiger partial charge is 0.356 e. The minimum Gasteiger partial charge on any atom is -0.356 e. The highest BCUT2D eigenvalue weighted by atomic mass is 16.2. The Bertz CT molecular complexity index is 534. The predicted molar refractivity (Wildman–Crippen MR) is 92.3 cm³/mol. The van der Waals surface area contributed by atoms with Crippen molar-refractivity contribution in [1.29, 1.82) is 0 Å². The summed E-state index contributed by atoms with van der Waals surface area (Å²) in [5.74, 6) is 0.289. The van der Waals surface area contributed by atoms with Gasteiger partial charge in [-0.25, -0.2) is 0 Å². The van der Waals surface area contributed by atoms with E-state index in [2.05, 4.69) is 12.2 Å². The number of benzene rings is 1. The van der Waals surface area contributed by atoms with Crippen LogP contribution in [0.15, 0.2) is 24.3 Å². The van der Waals surface area contributed by atoms with E-state index in [4.69, 9.17) is 0 Å². The number of rotatable bonds is 6. The van der Waals surface area contributed by atoms with Crippen LogP contribution in [0.2, 0.25) is 0 Å². The standard InChI is InChI=1S/C19H28N2O2/c1-3-4-5-11-20-18(22)16-9-12-21(13-10-16)19(23)17-8-6-7-15(2)14-17/h6-8,14,16H,3-5,9-13H2,1-2H3,(H,20,22). The zero-order valence-electron chi connectivity index (χ0n) is 14.3. The van der Waals surface area contributed by atoms with Gasteiger partial charge >= 0.3 is 0 Å². The molecule has 4 heteroatoms. The van der Waals surface area contributed by atoms with Gasteiger partial charge < -0.3 is 10.2 Å². The fourth-order valence-electron chi connectivity index (χ4n) is 3.04. The molecule has 1 aliphatic rings. The Balaban J connectivity index is 1.79. The minimum atomic E-state index is 0.0539. The molecule has 4 nitrogen and oxygen atoms in total. The van der Waals surface area contributed by atoms with Gasteiger partial charge in [0, 0.05) is 31.1 Å². The van der Waals surface area contributed by atoms with Gasteiger partial charge in [-0.3, -0.25) is 9.59 Å². The van der Waals surface area contributed by atoms with E-state index in [1.807, 2.05) is 36.1 Å². The van der Waals surface area contributed by atoms with E-state index < -0.39 is 0 Å². The number of unbranched alkanes of at least 4 members (excludes halogenated alkanes) is 2. The Morgan fingerprint density at radius 1 is 1.22 bits per heavy atom. The average Bonchev–Trinajstić information content (AvgIpc) is 2.58. The van der Waals surface area contributed by atoms with Crippen molar-refractivity contribution in [3.8, 4) is 0 Å². The highest BCUT2D eigenvalue weighted by molar-refractivity contribution is 5.94. The first-order valence-electron chi connectivity index (χ1n) is 8.75. The molecule has 0 atom stereocenters. The van der Waals surface area contributed by atoms with Gasteiger partial charge in [-0.1, -0.05) is 37.5 Å². The molecule has 0 saturated carbocycles. The number of hydrogen-bond donors (Lipinski definition) is 1. The first kappa shape index (κ1) is 17.5. The number of likely N-dealkylation sites (tertiary alicyclic amines) is 1. The maximum Gasteiger partial charge on any atom is 0.253 e. The van der Waals surface area contributed by atoms with Gasteiger partial charge in [0.2, 0.25) is 5.91 Å². The number of nitrogens with one attached hydrogen (secondary N) is 1. The van der Waals surface area contributed by atoms with Gasteiger partial charge in [-0.15, -0.1) is 0 Å². The molecule has 0 aliphatic carbocycles. The number of aryl methyl sites for hydroxylation is 1. The number of hydrogen-bond acceptors (Lipinski definition) is 2. The SMILES string of the molecule is CCCCCNC(=O)C1CCN(C(=O)c2cccc(C)c2)CC1. The topological polar surface area (TPSA) is 49.4 Å². The second kappa shape index (κ2) is 8.70. The van der Waals surface area contributed by atoms with Crippen molar-refractivity contribution in [3.05, 3.63) is 35.4 Å². The van der Waals surface area contributed by atoms with Crippen LogP contribution >= 0.6 is 0 Å². The molecule has 1 heterocycles. The number of carbonyl (C=O) groups excluding carboxylic acids is 2. The molecule has 0 spiro atoms. The number of carbonyl (C=O) groups is 2. The fourth-order valence-corrected chi connectivity index (χ4v) is 3.04. The van der Waals surface area contributed by atoms with Crippen molar-refractivity contribution >= 4 is 11.8 Å². The molecule has 1 aromatic carbocycles. The lowest BCUT2D eigenvalue weighted by Crippen LogP contribution is -2.43. The average molecular weight is 316 g/mol. The lowest BCUT2D eigenvalue weighted by molar-refractivity contribution is -0.126. The summed E-state index contributed by atoms with van der Waals surface area (Å²) in [6.45, 7) is 6.25. The van der Waals surface area contributed by atoms with E-state index in [0.717, 1.165) is 49.8 Å². The van der Waals surface area contributed by atoms with E-state index in [1.165, 1.54) is 0 Å². The van der Waals surface area contributed by atoms with Crippen molar-refractivity contribution in [3.63, 3.8) is 0 Å².